The molecule has 2 N–H and O–H groups in total. The van der Waals surface area contributed by atoms with Gasteiger partial charge in [-0.15, -0.1) is 0 Å². The van der Waals surface area contributed by atoms with Gasteiger partial charge in [0.15, 0.2) is 0 Å². The molecule has 0 saturated carbocycles. The molecule has 0 aliphatic heterocycles. The summed E-state index contributed by atoms with van der Waals surface area (Å²) in [6, 6.07) is 7.16. The standard InChI is InChI=1S/C8H11NO.CH2O/c1-9-6-7-2-4-8(10)5-3-7;1-2/h2-5,9-10H,6H2,1H3;1H2. The molecule has 0 spiro atoms. The number of benzene rings is 1. The minimum atomic E-state index is 0.319. The van der Waals surface area contributed by atoms with Gasteiger partial charge in [0.1, 0.15) is 12.5 Å². The van der Waals surface area contributed by atoms with Crippen LogP contribution in [-0.4, -0.2) is 18.9 Å². The summed E-state index contributed by atoms with van der Waals surface area (Å²) < 4.78 is 0. The van der Waals surface area contributed by atoms with Crippen molar-refractivity contribution < 1.29 is 9.90 Å². The zero-order valence-corrected chi connectivity index (χ0v) is 7.08. The molecule has 0 fully saturated rings. The van der Waals surface area contributed by atoms with Crippen LogP contribution in [0.1, 0.15) is 5.56 Å². The number of carbonyl (C=O) groups excluding carboxylic acids is 1. The van der Waals surface area contributed by atoms with E-state index in [0.717, 1.165) is 6.54 Å². The fraction of sp³-hybridized carbons (Fsp3) is 0.222. The summed E-state index contributed by atoms with van der Waals surface area (Å²) in [7, 11) is 1.90. The Balaban J connectivity index is 0.000000561. The summed E-state index contributed by atoms with van der Waals surface area (Å²) in [5.74, 6) is 0.319. The van der Waals surface area contributed by atoms with Crippen molar-refractivity contribution >= 4 is 6.79 Å². The molecule has 0 amide bonds. The Hall–Kier alpha value is -1.35. The summed E-state index contributed by atoms with van der Waals surface area (Å²) in [5.41, 5.74) is 1.18. The Labute approximate surface area is 72.0 Å². The lowest BCUT2D eigenvalue weighted by molar-refractivity contribution is -0.0979. The van der Waals surface area contributed by atoms with Crippen molar-refractivity contribution in [2.75, 3.05) is 7.05 Å². The fourth-order valence-corrected chi connectivity index (χ4v) is 0.818. The van der Waals surface area contributed by atoms with E-state index in [1.165, 1.54) is 5.56 Å². The van der Waals surface area contributed by atoms with Crippen LogP contribution in [0.3, 0.4) is 0 Å². The minimum absolute atomic E-state index is 0.319. The van der Waals surface area contributed by atoms with Crippen molar-refractivity contribution in [2.24, 2.45) is 0 Å². The van der Waals surface area contributed by atoms with Gasteiger partial charge in [0.25, 0.3) is 0 Å². The Kier molecular flexibility index (Phi) is 5.65. The van der Waals surface area contributed by atoms with Crippen molar-refractivity contribution in [1.29, 1.82) is 0 Å². The third kappa shape index (κ3) is 3.73. The largest absolute Gasteiger partial charge is 0.508 e. The predicted octanol–water partition coefficient (Wildman–Crippen LogP) is 0.927. The number of hydrogen-bond donors (Lipinski definition) is 2. The Morgan fingerprint density at radius 1 is 1.33 bits per heavy atom. The van der Waals surface area contributed by atoms with E-state index < -0.39 is 0 Å². The van der Waals surface area contributed by atoms with E-state index >= 15 is 0 Å². The van der Waals surface area contributed by atoms with Gasteiger partial charge in [-0.05, 0) is 24.7 Å². The second kappa shape index (κ2) is 6.37. The van der Waals surface area contributed by atoms with Gasteiger partial charge < -0.3 is 15.2 Å². The Bertz CT molecular complexity index is 208. The van der Waals surface area contributed by atoms with Crippen molar-refractivity contribution in [3.63, 3.8) is 0 Å². The Morgan fingerprint density at radius 2 is 1.83 bits per heavy atom. The number of hydrogen-bond acceptors (Lipinski definition) is 3. The van der Waals surface area contributed by atoms with Crippen molar-refractivity contribution in [2.45, 2.75) is 6.54 Å². The first kappa shape index (κ1) is 10.7. The quantitative estimate of drug-likeness (QED) is 0.688. The molecule has 0 atom stereocenters. The molecule has 0 aromatic heterocycles. The van der Waals surface area contributed by atoms with E-state index in [1.807, 2.05) is 26.0 Å². The zero-order valence-electron chi connectivity index (χ0n) is 7.08. The van der Waals surface area contributed by atoms with E-state index in [2.05, 4.69) is 5.32 Å². The highest BCUT2D eigenvalue weighted by atomic mass is 16.3. The molecule has 1 aromatic carbocycles. The lowest BCUT2D eigenvalue weighted by atomic mass is 10.2. The first-order valence-electron chi connectivity index (χ1n) is 3.54. The van der Waals surface area contributed by atoms with Crippen LogP contribution >= 0.6 is 0 Å². The SMILES string of the molecule is C=O.CNCc1ccc(O)cc1. The van der Waals surface area contributed by atoms with Crippen LogP contribution in [0.4, 0.5) is 0 Å². The highest BCUT2D eigenvalue weighted by Crippen LogP contribution is 2.08. The molecule has 0 aliphatic carbocycles. The lowest BCUT2D eigenvalue weighted by Crippen LogP contribution is -2.04. The smallest absolute Gasteiger partial charge is 0.115 e. The summed E-state index contributed by atoms with van der Waals surface area (Å²) in [6.45, 7) is 2.85. The maximum absolute atomic E-state index is 8.90. The van der Waals surface area contributed by atoms with Crippen LogP contribution in [0.2, 0.25) is 0 Å². The number of aromatic hydroxyl groups is 1. The van der Waals surface area contributed by atoms with E-state index in [-0.39, 0.29) is 0 Å². The third-order valence-electron chi connectivity index (χ3n) is 1.32. The van der Waals surface area contributed by atoms with Crippen molar-refractivity contribution in [3.05, 3.63) is 29.8 Å². The van der Waals surface area contributed by atoms with Gasteiger partial charge >= 0.3 is 0 Å². The molecular weight excluding hydrogens is 154 g/mol. The molecular formula is C9H13NO2. The average Bonchev–Trinajstić information content (AvgIpc) is 2.13. The van der Waals surface area contributed by atoms with Gasteiger partial charge in [-0.1, -0.05) is 12.1 Å². The number of carbonyl (C=O) groups is 1. The van der Waals surface area contributed by atoms with Crippen molar-refractivity contribution in [3.8, 4) is 5.75 Å². The molecule has 66 valence electrons. The summed E-state index contributed by atoms with van der Waals surface area (Å²) >= 11 is 0. The van der Waals surface area contributed by atoms with E-state index in [9.17, 15) is 0 Å². The molecule has 0 radical (unpaired) electrons. The highest BCUT2D eigenvalue weighted by molar-refractivity contribution is 5.25. The molecule has 1 rings (SSSR count). The first-order chi connectivity index (χ1) is 5.83. The molecule has 0 saturated heterocycles. The second-order valence-corrected chi connectivity index (χ2v) is 2.20. The van der Waals surface area contributed by atoms with Gasteiger partial charge in [0.2, 0.25) is 0 Å². The second-order valence-electron chi connectivity index (χ2n) is 2.20. The van der Waals surface area contributed by atoms with Crippen LogP contribution in [0, 0.1) is 0 Å². The van der Waals surface area contributed by atoms with Gasteiger partial charge in [-0.3, -0.25) is 0 Å². The maximum Gasteiger partial charge on any atom is 0.115 e. The van der Waals surface area contributed by atoms with Crippen LogP contribution in [0.15, 0.2) is 24.3 Å². The Morgan fingerprint density at radius 3 is 2.25 bits per heavy atom. The van der Waals surface area contributed by atoms with Crippen LogP contribution in [-0.2, 0) is 11.3 Å². The van der Waals surface area contributed by atoms with Crippen LogP contribution in [0.25, 0.3) is 0 Å². The van der Waals surface area contributed by atoms with Crippen LogP contribution < -0.4 is 5.32 Å². The van der Waals surface area contributed by atoms with Crippen molar-refractivity contribution in [1.82, 2.24) is 5.32 Å². The number of phenolic OH excluding ortho intramolecular Hbond substituents is 1. The third-order valence-corrected chi connectivity index (χ3v) is 1.32. The zero-order chi connectivity index (χ0) is 9.40. The highest BCUT2D eigenvalue weighted by Gasteiger charge is 1.88. The molecule has 1 aromatic rings. The molecule has 3 nitrogen and oxygen atoms in total. The lowest BCUT2D eigenvalue weighted by Gasteiger charge is -1.98. The molecule has 0 heterocycles. The summed E-state index contributed by atoms with van der Waals surface area (Å²) in [5, 5.41) is 11.9. The predicted molar refractivity (Wildman–Crippen MR) is 48.0 cm³/mol. The number of rotatable bonds is 2. The van der Waals surface area contributed by atoms with E-state index in [4.69, 9.17) is 9.90 Å². The maximum atomic E-state index is 8.90. The molecule has 12 heavy (non-hydrogen) atoms. The van der Waals surface area contributed by atoms with Gasteiger partial charge in [-0.2, -0.15) is 0 Å². The fourth-order valence-electron chi connectivity index (χ4n) is 0.818. The monoisotopic (exact) mass is 167 g/mol. The molecule has 3 heteroatoms. The van der Waals surface area contributed by atoms with Gasteiger partial charge in [-0.25, -0.2) is 0 Å². The molecule has 0 aliphatic rings. The minimum Gasteiger partial charge on any atom is -0.508 e. The van der Waals surface area contributed by atoms with Gasteiger partial charge in [0, 0.05) is 6.54 Å². The summed E-state index contributed by atoms with van der Waals surface area (Å²) in [4.78, 5) is 8.00. The van der Waals surface area contributed by atoms with E-state index in [0.29, 0.717) is 5.75 Å². The normalized spacial score (nSPS) is 8.42. The molecule has 0 bridgehead atoms. The first-order valence-corrected chi connectivity index (χ1v) is 3.54. The molecule has 0 unspecified atom stereocenters. The number of phenols is 1. The average molecular weight is 167 g/mol. The topological polar surface area (TPSA) is 49.3 Å². The van der Waals surface area contributed by atoms with Gasteiger partial charge in [0.05, 0.1) is 0 Å². The van der Waals surface area contributed by atoms with Crippen LogP contribution in [0.5, 0.6) is 5.75 Å². The number of nitrogens with one attached hydrogen (secondary N) is 1. The van der Waals surface area contributed by atoms with E-state index in [1.54, 1.807) is 12.1 Å². The summed E-state index contributed by atoms with van der Waals surface area (Å²) in [6.07, 6.45) is 0.